The van der Waals surface area contributed by atoms with Crippen LogP contribution in [0.5, 0.6) is 0 Å². The van der Waals surface area contributed by atoms with E-state index in [1.165, 1.54) is 0 Å². The van der Waals surface area contributed by atoms with Gasteiger partial charge in [0.2, 0.25) is 8.24 Å². The van der Waals surface area contributed by atoms with Crippen LogP contribution in [0.4, 0.5) is 0 Å². The van der Waals surface area contributed by atoms with Gasteiger partial charge in [-0.3, -0.25) is 0 Å². The fourth-order valence-corrected chi connectivity index (χ4v) is 21.7. The highest BCUT2D eigenvalue weighted by atomic mass is 31.1. The molecule has 0 heterocycles. The van der Waals surface area contributed by atoms with Gasteiger partial charge in [-0.15, -0.1) is 4.41 Å². The van der Waals surface area contributed by atoms with Gasteiger partial charge in [-0.1, -0.05) is 39.3 Å². The molecule has 0 aliphatic rings. The first-order valence-corrected chi connectivity index (χ1v) is 18.6. The highest BCUT2D eigenvalue weighted by molar-refractivity contribution is 7.52. The third kappa shape index (κ3) is 6.24. The predicted octanol–water partition coefficient (Wildman–Crippen LogP) is 5.78. The molecule has 6 heteroatoms. The second-order valence-electron chi connectivity index (χ2n) is 8.34. The van der Waals surface area contributed by atoms with Crippen molar-refractivity contribution in [3.8, 4) is 0 Å². The lowest BCUT2D eigenvalue weighted by Crippen LogP contribution is -2.55. The van der Waals surface area contributed by atoms with E-state index >= 15 is 0 Å². The largest absolute Gasteiger partial charge is 0.272 e. The fraction of sp³-hybridized carbons (Fsp3) is 1.00. The van der Waals surface area contributed by atoms with Crippen LogP contribution in [0.1, 0.15) is 13.8 Å². The van der Waals surface area contributed by atoms with Gasteiger partial charge < -0.3 is 0 Å². The zero-order chi connectivity index (χ0) is 14.9. The molecule has 0 aromatic carbocycles. The fourth-order valence-electron chi connectivity index (χ4n) is 2.32. The number of hydrogen-bond acceptors (Lipinski definition) is 1. The highest BCUT2D eigenvalue weighted by Crippen LogP contribution is 2.45. The summed E-state index contributed by atoms with van der Waals surface area (Å²) in [6, 6.07) is 0. The van der Waals surface area contributed by atoms with Crippen molar-refractivity contribution in [2.24, 2.45) is 4.41 Å². The average molecular weight is 322 g/mol. The van der Waals surface area contributed by atoms with Gasteiger partial charge in [0.05, 0.1) is 0 Å². The van der Waals surface area contributed by atoms with Gasteiger partial charge in [-0.05, 0) is 33.5 Å². The summed E-state index contributed by atoms with van der Waals surface area (Å²) in [6.45, 7) is 26.8. The Morgan fingerprint density at radius 3 is 1.28 bits per heavy atom. The molecule has 0 rings (SSSR count). The predicted molar refractivity (Wildman–Crippen MR) is 96.4 cm³/mol. The van der Waals surface area contributed by atoms with Crippen molar-refractivity contribution in [3.63, 3.8) is 0 Å². The summed E-state index contributed by atoms with van der Waals surface area (Å²) in [6.07, 6.45) is 0. The summed E-state index contributed by atoms with van der Waals surface area (Å²) >= 11 is 0. The molecule has 0 saturated heterocycles. The van der Waals surface area contributed by atoms with Gasteiger partial charge in [0.25, 0.3) is 7.86 Å². The third-order valence-corrected chi connectivity index (χ3v) is 18.3. The van der Waals surface area contributed by atoms with Crippen LogP contribution in [0.15, 0.2) is 4.41 Å². The molecule has 1 unspecified atom stereocenters. The summed E-state index contributed by atoms with van der Waals surface area (Å²) in [7, 11) is -4.24. The van der Waals surface area contributed by atoms with Gasteiger partial charge in [-0.25, -0.2) is 0 Å². The highest BCUT2D eigenvalue weighted by Gasteiger charge is 2.47. The quantitative estimate of drug-likeness (QED) is 0.463. The minimum atomic E-state index is -1.35. The van der Waals surface area contributed by atoms with E-state index in [2.05, 4.69) is 76.8 Å². The van der Waals surface area contributed by atoms with Crippen LogP contribution >= 0.6 is 7.86 Å². The van der Waals surface area contributed by atoms with Crippen molar-refractivity contribution in [3.05, 3.63) is 0 Å². The second kappa shape index (κ2) is 6.00. The molecule has 1 atom stereocenters. The molecule has 0 aliphatic heterocycles. The van der Waals surface area contributed by atoms with Crippen LogP contribution < -0.4 is 0 Å². The standard InChI is InChI=1S/C12H34N2PSi3/c1-12(2)15(13-16(3,4)5)14(17(6,7)8)18(9,10)11/h12H,1-11H3/q+1. The van der Waals surface area contributed by atoms with Gasteiger partial charge in [0, 0.05) is 0 Å². The summed E-state index contributed by atoms with van der Waals surface area (Å²) in [5.74, 6) is 0. The van der Waals surface area contributed by atoms with Gasteiger partial charge >= 0.3 is 0 Å². The van der Waals surface area contributed by atoms with E-state index < -0.39 is 24.7 Å². The van der Waals surface area contributed by atoms with Crippen molar-refractivity contribution < 1.29 is 0 Å². The van der Waals surface area contributed by atoms with Crippen molar-refractivity contribution in [1.82, 2.24) is 4.00 Å². The second-order valence-corrected chi connectivity index (χ2v) is 26.3. The van der Waals surface area contributed by atoms with E-state index in [4.69, 9.17) is 4.41 Å². The number of nitrogens with zero attached hydrogens (tertiary/aromatic N) is 2. The molecule has 0 amide bonds. The van der Waals surface area contributed by atoms with Crippen molar-refractivity contribution in [1.29, 1.82) is 0 Å². The van der Waals surface area contributed by atoms with E-state index in [9.17, 15) is 0 Å². The van der Waals surface area contributed by atoms with Crippen LogP contribution in [0.25, 0.3) is 0 Å². The smallest absolute Gasteiger partial charge is 0.169 e. The third-order valence-electron chi connectivity index (χ3n) is 2.34. The molecular formula is C12H34N2PSi3+. The van der Waals surface area contributed by atoms with Crippen LogP contribution in [0, 0.1) is 0 Å². The monoisotopic (exact) mass is 321 g/mol. The lowest BCUT2D eigenvalue weighted by molar-refractivity contribution is 0.930. The lowest BCUT2D eigenvalue weighted by atomic mass is 10.6. The normalized spacial score (nSPS) is 15.7. The Kier molecular flexibility index (Phi) is 6.24. The average Bonchev–Trinajstić information content (AvgIpc) is 1.93. The molecule has 0 radical (unpaired) electrons. The zero-order valence-corrected chi connectivity index (χ0v) is 18.3. The lowest BCUT2D eigenvalue weighted by Gasteiger charge is -2.37. The maximum absolute atomic E-state index is 5.34. The first-order valence-electron chi connectivity index (χ1n) is 6.98. The van der Waals surface area contributed by atoms with Crippen molar-refractivity contribution in [2.75, 3.05) is 0 Å². The Morgan fingerprint density at radius 1 is 0.778 bits per heavy atom. The van der Waals surface area contributed by atoms with Gasteiger partial charge in [-0.2, -0.15) is 4.00 Å². The zero-order valence-electron chi connectivity index (χ0n) is 14.4. The number of rotatable bonds is 5. The Morgan fingerprint density at radius 2 is 1.11 bits per heavy atom. The summed E-state index contributed by atoms with van der Waals surface area (Å²) in [5.41, 5.74) is 0.685. The number of hydrogen-bond donors (Lipinski definition) is 0. The first kappa shape index (κ1) is 18.7. The molecule has 0 aromatic heterocycles. The maximum Gasteiger partial charge on any atom is 0.272 e. The molecule has 18 heavy (non-hydrogen) atoms. The molecule has 0 fully saturated rings. The van der Waals surface area contributed by atoms with Crippen LogP contribution in [0.2, 0.25) is 58.9 Å². The van der Waals surface area contributed by atoms with Crippen LogP contribution in [-0.2, 0) is 0 Å². The van der Waals surface area contributed by atoms with Gasteiger partial charge in [0.1, 0.15) is 5.66 Å². The van der Waals surface area contributed by atoms with Crippen molar-refractivity contribution >= 4 is 32.6 Å². The molecule has 0 spiro atoms. The Hall–Kier alpha value is 0.711. The Balaban J connectivity index is 5.77. The van der Waals surface area contributed by atoms with Gasteiger partial charge in [0.15, 0.2) is 16.5 Å². The SMILES string of the molecule is CC(C)[P+](=N[Si](C)(C)C)N([Si](C)(C)C)[Si](C)(C)C. The Labute approximate surface area is 119 Å². The van der Waals surface area contributed by atoms with Crippen LogP contribution in [-0.4, -0.2) is 34.4 Å². The minimum Gasteiger partial charge on any atom is -0.169 e. The molecule has 0 saturated carbocycles. The molecule has 2 nitrogen and oxygen atoms in total. The molecule has 0 aromatic rings. The molecule has 0 N–H and O–H groups in total. The summed E-state index contributed by atoms with van der Waals surface area (Å²) < 4.78 is 8.27. The summed E-state index contributed by atoms with van der Waals surface area (Å²) in [5, 5.41) is 0. The summed E-state index contributed by atoms with van der Waals surface area (Å²) in [4.78, 5) is 0. The van der Waals surface area contributed by atoms with E-state index in [0.29, 0.717) is 5.66 Å². The Bertz CT molecular complexity index is 295. The topological polar surface area (TPSA) is 15.6 Å². The van der Waals surface area contributed by atoms with E-state index in [1.54, 1.807) is 0 Å². The van der Waals surface area contributed by atoms with E-state index in [0.717, 1.165) is 0 Å². The maximum atomic E-state index is 5.34. The first-order chi connectivity index (χ1) is 7.66. The van der Waals surface area contributed by atoms with E-state index in [-0.39, 0.29) is 7.86 Å². The molecule has 0 bridgehead atoms. The van der Waals surface area contributed by atoms with Crippen molar-refractivity contribution in [2.45, 2.75) is 78.4 Å². The minimum absolute atomic E-state index is 0.304. The van der Waals surface area contributed by atoms with E-state index in [1.807, 2.05) is 0 Å². The molecule has 0 aliphatic carbocycles. The van der Waals surface area contributed by atoms with Crippen LogP contribution in [0.3, 0.4) is 0 Å². The molecular weight excluding hydrogens is 287 g/mol. The molecule has 108 valence electrons.